The van der Waals surface area contributed by atoms with Crippen molar-refractivity contribution in [3.8, 4) is 0 Å². The molecular weight excluding hydrogens is 291 g/mol. The first-order chi connectivity index (χ1) is 11.2. The quantitative estimate of drug-likeness (QED) is 0.869. The Kier molecular flexibility index (Phi) is 5.03. The van der Waals surface area contributed by atoms with Crippen molar-refractivity contribution in [2.24, 2.45) is 0 Å². The fourth-order valence-corrected chi connectivity index (χ4v) is 2.98. The van der Waals surface area contributed by atoms with Crippen LogP contribution >= 0.6 is 0 Å². The molecule has 1 fully saturated rings. The normalized spacial score (nSPS) is 16.1. The fraction of sp³-hybridized carbons (Fsp3) is 0.316. The molecule has 1 amide bonds. The molecule has 0 spiro atoms. The zero-order chi connectivity index (χ0) is 16.1. The topological polar surface area (TPSA) is 23.6 Å². The Morgan fingerprint density at radius 1 is 0.913 bits per heavy atom. The zero-order valence-corrected chi connectivity index (χ0v) is 13.1. The van der Waals surface area contributed by atoms with E-state index in [9.17, 15) is 9.18 Å². The van der Waals surface area contributed by atoms with Gasteiger partial charge in [0, 0.05) is 32.7 Å². The maximum Gasteiger partial charge on any atom is 0.256 e. The van der Waals surface area contributed by atoms with Gasteiger partial charge in [-0.15, -0.1) is 0 Å². The molecule has 1 aliphatic heterocycles. The zero-order valence-electron chi connectivity index (χ0n) is 13.1. The van der Waals surface area contributed by atoms with E-state index in [1.165, 1.54) is 11.6 Å². The number of hydrogen-bond acceptors (Lipinski definition) is 2. The number of nitrogens with zero attached hydrogens (tertiary/aromatic N) is 2. The third kappa shape index (κ3) is 3.96. The number of carbonyl (C=O) groups excluding carboxylic acids is 1. The van der Waals surface area contributed by atoms with Crippen molar-refractivity contribution in [3.63, 3.8) is 0 Å². The minimum atomic E-state index is -0.442. The molecule has 2 aromatic rings. The van der Waals surface area contributed by atoms with Crippen molar-refractivity contribution in [1.29, 1.82) is 0 Å². The highest BCUT2D eigenvalue weighted by Crippen LogP contribution is 2.14. The van der Waals surface area contributed by atoms with Crippen molar-refractivity contribution >= 4 is 5.91 Å². The molecule has 0 unspecified atom stereocenters. The number of halogens is 1. The second kappa shape index (κ2) is 7.38. The second-order valence-electron chi connectivity index (χ2n) is 5.89. The van der Waals surface area contributed by atoms with Gasteiger partial charge in [0.2, 0.25) is 0 Å². The molecule has 2 aromatic carbocycles. The fourth-order valence-electron chi connectivity index (χ4n) is 2.98. The van der Waals surface area contributed by atoms with Crippen LogP contribution in [0.25, 0.3) is 0 Å². The van der Waals surface area contributed by atoms with E-state index in [1.54, 1.807) is 23.1 Å². The maximum absolute atomic E-state index is 13.8. The Morgan fingerprint density at radius 3 is 2.43 bits per heavy atom. The Bertz CT molecular complexity index is 659. The summed E-state index contributed by atoms with van der Waals surface area (Å²) in [6.45, 7) is 3.98. The molecule has 23 heavy (non-hydrogen) atoms. The summed E-state index contributed by atoms with van der Waals surface area (Å²) in [7, 11) is 0. The molecule has 0 radical (unpaired) electrons. The molecule has 1 aliphatic rings. The minimum Gasteiger partial charge on any atom is -0.337 e. The molecule has 0 aliphatic carbocycles. The van der Waals surface area contributed by atoms with Gasteiger partial charge in [0.25, 0.3) is 5.91 Å². The van der Waals surface area contributed by atoms with Gasteiger partial charge in [-0.05, 0) is 24.1 Å². The summed E-state index contributed by atoms with van der Waals surface area (Å²) in [5, 5.41) is 0. The van der Waals surface area contributed by atoms with Crippen molar-refractivity contribution in [2.45, 2.75) is 13.0 Å². The average molecular weight is 312 g/mol. The first-order valence-corrected chi connectivity index (χ1v) is 8.04. The van der Waals surface area contributed by atoms with E-state index in [4.69, 9.17) is 0 Å². The van der Waals surface area contributed by atoms with Crippen LogP contribution in [0.15, 0.2) is 54.6 Å². The molecule has 0 bridgehead atoms. The molecule has 0 aromatic heterocycles. The largest absolute Gasteiger partial charge is 0.337 e. The van der Waals surface area contributed by atoms with Gasteiger partial charge in [-0.1, -0.05) is 42.5 Å². The summed E-state index contributed by atoms with van der Waals surface area (Å²) in [4.78, 5) is 16.6. The maximum atomic E-state index is 13.8. The van der Waals surface area contributed by atoms with Crippen LogP contribution in [0, 0.1) is 5.82 Å². The van der Waals surface area contributed by atoms with Gasteiger partial charge >= 0.3 is 0 Å². The van der Waals surface area contributed by atoms with E-state index >= 15 is 0 Å². The Morgan fingerprint density at radius 2 is 1.65 bits per heavy atom. The van der Waals surface area contributed by atoms with Gasteiger partial charge in [0.15, 0.2) is 0 Å². The lowest BCUT2D eigenvalue weighted by molar-refractivity contribution is 0.0756. The summed E-state index contributed by atoms with van der Waals surface area (Å²) < 4.78 is 13.8. The average Bonchev–Trinajstić information content (AvgIpc) is 2.81. The molecule has 1 heterocycles. The number of hydrogen-bond donors (Lipinski definition) is 0. The lowest BCUT2D eigenvalue weighted by atomic mass is 10.2. The van der Waals surface area contributed by atoms with Crippen LogP contribution in [0.4, 0.5) is 4.39 Å². The highest BCUT2D eigenvalue weighted by atomic mass is 19.1. The minimum absolute atomic E-state index is 0.170. The summed E-state index contributed by atoms with van der Waals surface area (Å²) in [6, 6.07) is 16.5. The lowest BCUT2D eigenvalue weighted by Crippen LogP contribution is -2.35. The smallest absolute Gasteiger partial charge is 0.256 e. The van der Waals surface area contributed by atoms with Crippen LogP contribution < -0.4 is 0 Å². The molecule has 4 heteroatoms. The van der Waals surface area contributed by atoms with Crippen LogP contribution in [-0.4, -0.2) is 41.9 Å². The molecule has 0 atom stereocenters. The van der Waals surface area contributed by atoms with E-state index in [0.717, 1.165) is 26.1 Å². The highest BCUT2D eigenvalue weighted by molar-refractivity contribution is 5.94. The van der Waals surface area contributed by atoms with Gasteiger partial charge in [0.1, 0.15) is 5.82 Å². The van der Waals surface area contributed by atoms with Crippen LogP contribution in [-0.2, 0) is 6.54 Å². The summed E-state index contributed by atoms with van der Waals surface area (Å²) in [6.07, 6.45) is 0.910. The van der Waals surface area contributed by atoms with E-state index < -0.39 is 5.82 Å². The van der Waals surface area contributed by atoms with Crippen LogP contribution in [0.1, 0.15) is 22.3 Å². The van der Waals surface area contributed by atoms with Crippen LogP contribution in [0.3, 0.4) is 0 Å². The summed E-state index contributed by atoms with van der Waals surface area (Å²) in [5.41, 5.74) is 1.45. The third-order valence-electron chi connectivity index (χ3n) is 4.23. The van der Waals surface area contributed by atoms with Crippen LogP contribution in [0.2, 0.25) is 0 Å². The van der Waals surface area contributed by atoms with Crippen molar-refractivity contribution in [2.75, 3.05) is 26.2 Å². The molecule has 3 nitrogen and oxygen atoms in total. The molecule has 1 saturated heterocycles. The van der Waals surface area contributed by atoms with E-state index in [-0.39, 0.29) is 11.5 Å². The van der Waals surface area contributed by atoms with E-state index in [1.807, 2.05) is 18.2 Å². The van der Waals surface area contributed by atoms with Gasteiger partial charge < -0.3 is 4.90 Å². The molecule has 0 N–H and O–H groups in total. The van der Waals surface area contributed by atoms with Crippen LogP contribution in [0.5, 0.6) is 0 Å². The third-order valence-corrected chi connectivity index (χ3v) is 4.23. The van der Waals surface area contributed by atoms with Crippen molar-refractivity contribution in [1.82, 2.24) is 9.80 Å². The van der Waals surface area contributed by atoms with Crippen molar-refractivity contribution in [3.05, 3.63) is 71.5 Å². The molecule has 3 rings (SSSR count). The lowest BCUT2D eigenvalue weighted by Gasteiger charge is -2.22. The van der Waals surface area contributed by atoms with Gasteiger partial charge in [-0.25, -0.2) is 4.39 Å². The van der Waals surface area contributed by atoms with E-state index in [2.05, 4.69) is 17.0 Å². The van der Waals surface area contributed by atoms with Gasteiger partial charge in [0.05, 0.1) is 5.56 Å². The van der Waals surface area contributed by atoms with Crippen molar-refractivity contribution < 1.29 is 9.18 Å². The van der Waals surface area contributed by atoms with E-state index in [0.29, 0.717) is 13.1 Å². The Labute approximate surface area is 136 Å². The number of benzene rings is 2. The molecular formula is C19H21FN2O. The molecule has 0 saturated carbocycles. The first-order valence-electron chi connectivity index (χ1n) is 8.04. The van der Waals surface area contributed by atoms with Gasteiger partial charge in [-0.2, -0.15) is 0 Å². The monoisotopic (exact) mass is 312 g/mol. The highest BCUT2D eigenvalue weighted by Gasteiger charge is 2.22. The standard InChI is InChI=1S/C19H21FN2O/c20-18-10-5-4-9-17(18)19(23)22-12-6-11-21(13-14-22)15-16-7-2-1-3-8-16/h1-5,7-10H,6,11-15H2. The predicted molar refractivity (Wildman–Crippen MR) is 88.6 cm³/mol. The number of amides is 1. The summed E-state index contributed by atoms with van der Waals surface area (Å²) >= 11 is 0. The number of rotatable bonds is 3. The molecule has 120 valence electrons. The Balaban J connectivity index is 1.62. The SMILES string of the molecule is O=C(c1ccccc1F)N1CCCN(Cc2ccccc2)CC1. The second-order valence-corrected chi connectivity index (χ2v) is 5.89. The van der Waals surface area contributed by atoms with Gasteiger partial charge in [-0.3, -0.25) is 9.69 Å². The summed E-state index contributed by atoms with van der Waals surface area (Å²) in [5.74, 6) is -0.646. The predicted octanol–water partition coefficient (Wildman–Crippen LogP) is 3.17. The Hall–Kier alpha value is -2.20. The number of carbonyl (C=O) groups is 1. The first kappa shape index (κ1) is 15.7.